The molecule has 0 radical (unpaired) electrons. The van der Waals surface area contributed by atoms with Crippen LogP contribution in [-0.2, 0) is 9.47 Å². The minimum absolute atomic E-state index is 0.0357. The summed E-state index contributed by atoms with van der Waals surface area (Å²) in [5.74, 6) is 0.0696. The number of hydrogen-bond acceptors (Lipinski definition) is 4. The molecule has 0 unspecified atom stereocenters. The number of aliphatic imine (C=N–C) groups is 1. The SMILES string of the molecule is NC(N)=NCCOCCOCCO. The van der Waals surface area contributed by atoms with E-state index in [0.29, 0.717) is 33.0 Å². The van der Waals surface area contributed by atoms with Gasteiger partial charge in [-0.15, -0.1) is 0 Å². The van der Waals surface area contributed by atoms with Crippen molar-refractivity contribution in [1.82, 2.24) is 0 Å². The Balaban J connectivity index is 2.96. The molecule has 0 aliphatic carbocycles. The lowest BCUT2D eigenvalue weighted by Gasteiger charge is -2.02. The second-order valence-corrected chi connectivity index (χ2v) is 2.25. The summed E-state index contributed by atoms with van der Waals surface area (Å²) >= 11 is 0. The lowest BCUT2D eigenvalue weighted by atomic mass is 10.7. The smallest absolute Gasteiger partial charge is 0.185 e. The zero-order valence-corrected chi connectivity index (χ0v) is 7.61. The third kappa shape index (κ3) is 11.1. The Morgan fingerprint density at radius 1 is 1.08 bits per heavy atom. The van der Waals surface area contributed by atoms with E-state index in [1.807, 2.05) is 0 Å². The van der Waals surface area contributed by atoms with Crippen LogP contribution in [0.15, 0.2) is 4.99 Å². The van der Waals surface area contributed by atoms with Gasteiger partial charge in [0.2, 0.25) is 0 Å². The Hall–Kier alpha value is -0.850. The summed E-state index contributed by atoms with van der Waals surface area (Å²) in [7, 11) is 0. The fraction of sp³-hybridized carbons (Fsp3) is 0.857. The Kier molecular flexibility index (Phi) is 8.64. The highest BCUT2D eigenvalue weighted by molar-refractivity contribution is 5.75. The quantitative estimate of drug-likeness (QED) is 0.241. The average molecular weight is 191 g/mol. The summed E-state index contributed by atoms with van der Waals surface area (Å²) in [6.45, 7) is 2.27. The van der Waals surface area contributed by atoms with E-state index in [1.165, 1.54) is 0 Å². The van der Waals surface area contributed by atoms with Crippen molar-refractivity contribution in [1.29, 1.82) is 0 Å². The van der Waals surface area contributed by atoms with E-state index in [4.69, 9.17) is 26.0 Å². The lowest BCUT2D eigenvalue weighted by molar-refractivity contribution is 0.0355. The number of aliphatic hydroxyl groups is 1. The number of aliphatic hydroxyl groups excluding tert-OH is 1. The third-order valence-electron chi connectivity index (χ3n) is 1.14. The Morgan fingerprint density at radius 2 is 1.69 bits per heavy atom. The highest BCUT2D eigenvalue weighted by Crippen LogP contribution is 1.79. The van der Waals surface area contributed by atoms with Crippen LogP contribution in [0, 0.1) is 0 Å². The molecule has 0 spiro atoms. The number of ether oxygens (including phenoxy) is 2. The van der Waals surface area contributed by atoms with Crippen LogP contribution in [0.5, 0.6) is 0 Å². The van der Waals surface area contributed by atoms with Crippen LogP contribution in [0.3, 0.4) is 0 Å². The van der Waals surface area contributed by atoms with E-state index in [-0.39, 0.29) is 12.6 Å². The Bertz CT molecular complexity index is 137. The molecule has 0 aromatic carbocycles. The topological polar surface area (TPSA) is 103 Å². The van der Waals surface area contributed by atoms with Crippen molar-refractivity contribution in [3.05, 3.63) is 0 Å². The summed E-state index contributed by atoms with van der Waals surface area (Å²) < 4.78 is 10.1. The van der Waals surface area contributed by atoms with Crippen LogP contribution in [0.4, 0.5) is 0 Å². The summed E-state index contributed by atoms with van der Waals surface area (Å²) in [4.78, 5) is 3.72. The highest BCUT2D eigenvalue weighted by atomic mass is 16.5. The zero-order valence-electron chi connectivity index (χ0n) is 7.61. The van der Waals surface area contributed by atoms with Gasteiger partial charge in [0.1, 0.15) is 0 Å². The van der Waals surface area contributed by atoms with E-state index in [1.54, 1.807) is 0 Å². The van der Waals surface area contributed by atoms with E-state index >= 15 is 0 Å². The maximum Gasteiger partial charge on any atom is 0.185 e. The summed E-state index contributed by atoms with van der Waals surface area (Å²) in [6, 6.07) is 0. The number of nitrogens with two attached hydrogens (primary N) is 2. The molecule has 13 heavy (non-hydrogen) atoms. The number of guanidine groups is 1. The van der Waals surface area contributed by atoms with Gasteiger partial charge >= 0.3 is 0 Å². The normalized spacial score (nSPS) is 9.92. The molecule has 0 aliphatic rings. The number of nitrogens with zero attached hydrogens (tertiary/aromatic N) is 1. The highest BCUT2D eigenvalue weighted by Gasteiger charge is 1.88. The van der Waals surface area contributed by atoms with Crippen molar-refractivity contribution in [2.45, 2.75) is 0 Å². The summed E-state index contributed by atoms with van der Waals surface area (Å²) in [6.07, 6.45) is 0. The van der Waals surface area contributed by atoms with Gasteiger partial charge in [-0.1, -0.05) is 0 Å². The maximum atomic E-state index is 8.36. The van der Waals surface area contributed by atoms with E-state index in [0.717, 1.165) is 0 Å². The first kappa shape index (κ1) is 12.2. The standard InChI is InChI=1S/C7H17N3O3/c8-7(9)10-1-3-12-5-6-13-4-2-11/h11H,1-6H2,(H4,8,9,10). The van der Waals surface area contributed by atoms with Gasteiger partial charge in [0, 0.05) is 0 Å². The lowest BCUT2D eigenvalue weighted by Crippen LogP contribution is -2.23. The van der Waals surface area contributed by atoms with Crippen LogP contribution in [0.2, 0.25) is 0 Å². The van der Waals surface area contributed by atoms with Gasteiger partial charge < -0.3 is 26.0 Å². The molecular formula is C7H17N3O3. The largest absolute Gasteiger partial charge is 0.394 e. The first-order valence-corrected chi connectivity index (χ1v) is 4.09. The average Bonchev–Trinajstić information content (AvgIpc) is 2.09. The van der Waals surface area contributed by atoms with Crippen molar-refractivity contribution in [2.75, 3.05) is 39.6 Å². The van der Waals surface area contributed by atoms with Crippen LogP contribution in [0.1, 0.15) is 0 Å². The third-order valence-corrected chi connectivity index (χ3v) is 1.14. The molecule has 0 aromatic rings. The molecule has 5 N–H and O–H groups in total. The molecule has 0 rings (SSSR count). The molecule has 6 heteroatoms. The minimum Gasteiger partial charge on any atom is -0.394 e. The minimum atomic E-state index is 0.0357. The summed E-state index contributed by atoms with van der Waals surface area (Å²) in [5.41, 5.74) is 10.2. The van der Waals surface area contributed by atoms with Crippen LogP contribution in [0.25, 0.3) is 0 Å². The molecule has 0 saturated carbocycles. The van der Waals surface area contributed by atoms with Crippen molar-refractivity contribution >= 4 is 5.96 Å². The van der Waals surface area contributed by atoms with Gasteiger partial charge in [-0.2, -0.15) is 0 Å². The van der Waals surface area contributed by atoms with Crippen molar-refractivity contribution in [3.63, 3.8) is 0 Å². The molecule has 0 atom stereocenters. The Morgan fingerprint density at radius 3 is 2.23 bits per heavy atom. The van der Waals surface area contributed by atoms with Gasteiger partial charge in [0.05, 0.1) is 39.6 Å². The van der Waals surface area contributed by atoms with E-state index in [9.17, 15) is 0 Å². The van der Waals surface area contributed by atoms with Crippen LogP contribution >= 0.6 is 0 Å². The van der Waals surface area contributed by atoms with Crippen molar-refractivity contribution < 1.29 is 14.6 Å². The predicted molar refractivity (Wildman–Crippen MR) is 49.4 cm³/mol. The molecule has 0 bridgehead atoms. The maximum absolute atomic E-state index is 8.36. The first-order chi connectivity index (χ1) is 6.27. The van der Waals surface area contributed by atoms with Gasteiger partial charge in [-0.3, -0.25) is 4.99 Å². The van der Waals surface area contributed by atoms with Crippen molar-refractivity contribution in [2.24, 2.45) is 16.5 Å². The van der Waals surface area contributed by atoms with Crippen molar-refractivity contribution in [3.8, 4) is 0 Å². The first-order valence-electron chi connectivity index (χ1n) is 4.09. The zero-order chi connectivity index (χ0) is 9.94. The second kappa shape index (κ2) is 9.24. The number of rotatable bonds is 8. The van der Waals surface area contributed by atoms with Gasteiger partial charge in [0.25, 0.3) is 0 Å². The second-order valence-electron chi connectivity index (χ2n) is 2.25. The molecule has 0 heterocycles. The van der Waals surface area contributed by atoms with Crippen LogP contribution < -0.4 is 11.5 Å². The fourth-order valence-electron chi connectivity index (χ4n) is 0.626. The van der Waals surface area contributed by atoms with Gasteiger partial charge in [-0.05, 0) is 0 Å². The number of hydrogen-bond donors (Lipinski definition) is 3. The van der Waals surface area contributed by atoms with E-state index < -0.39 is 0 Å². The molecule has 0 amide bonds. The van der Waals surface area contributed by atoms with E-state index in [2.05, 4.69) is 4.99 Å². The van der Waals surface area contributed by atoms with Gasteiger partial charge in [-0.25, -0.2) is 0 Å². The molecule has 0 saturated heterocycles. The predicted octanol–water partition coefficient (Wildman–Crippen LogP) is -1.71. The molecular weight excluding hydrogens is 174 g/mol. The fourth-order valence-corrected chi connectivity index (χ4v) is 0.626. The Labute approximate surface area is 77.5 Å². The molecule has 0 fully saturated rings. The van der Waals surface area contributed by atoms with Crippen LogP contribution in [-0.4, -0.2) is 50.6 Å². The van der Waals surface area contributed by atoms with Gasteiger partial charge in [0.15, 0.2) is 5.96 Å². The molecule has 6 nitrogen and oxygen atoms in total. The summed E-state index contributed by atoms with van der Waals surface area (Å²) in [5, 5.41) is 8.36. The molecule has 0 aromatic heterocycles. The molecule has 0 aliphatic heterocycles. The monoisotopic (exact) mass is 191 g/mol. The molecule has 78 valence electrons.